The molecule has 7 nitrogen and oxygen atoms in total. The molecule has 176 valence electrons. The van der Waals surface area contributed by atoms with E-state index in [1.165, 1.54) is 4.90 Å². The fourth-order valence-electron chi connectivity index (χ4n) is 3.25. The average molecular weight is 452 g/mol. The molecular weight excluding hydrogens is 418 g/mol. The van der Waals surface area contributed by atoms with Crippen molar-refractivity contribution < 1.29 is 19.1 Å². The molecule has 0 spiro atoms. The van der Waals surface area contributed by atoms with Crippen LogP contribution in [-0.2, 0) is 20.9 Å². The Bertz CT molecular complexity index is 939. The van der Waals surface area contributed by atoms with Crippen LogP contribution in [0.2, 0.25) is 0 Å². The minimum Gasteiger partial charge on any atom is -0.444 e. The van der Waals surface area contributed by atoms with Crippen molar-refractivity contribution in [3.8, 4) is 0 Å². The van der Waals surface area contributed by atoms with Gasteiger partial charge in [-0.2, -0.15) is 0 Å². The van der Waals surface area contributed by atoms with Crippen molar-refractivity contribution >= 4 is 17.9 Å². The number of hydrogen-bond acceptors (Lipinski definition) is 4. The SMILES string of the molecule is C=CCN(C(=O)C(C)NC(=O)OC(C)(C)C)C(C(=O)NCc1ccccc1)c1ccccc1. The monoisotopic (exact) mass is 451 g/mol. The number of amides is 3. The van der Waals surface area contributed by atoms with Gasteiger partial charge in [0.1, 0.15) is 17.7 Å². The number of nitrogens with one attached hydrogen (secondary N) is 2. The molecule has 7 heteroatoms. The number of alkyl carbamates (subject to hydrolysis) is 1. The highest BCUT2D eigenvalue weighted by molar-refractivity contribution is 5.92. The standard InChI is InChI=1S/C26H33N3O4/c1-6-17-29(24(31)19(2)28-25(32)33-26(3,4)5)22(21-15-11-8-12-16-21)23(30)27-18-20-13-9-7-10-14-20/h6-16,19,22H,1,17-18H2,2-5H3,(H,27,30)(H,28,32). The van der Waals surface area contributed by atoms with Gasteiger partial charge >= 0.3 is 6.09 Å². The molecule has 0 aliphatic carbocycles. The van der Waals surface area contributed by atoms with Crippen molar-refractivity contribution in [1.29, 1.82) is 0 Å². The molecule has 2 atom stereocenters. The zero-order valence-electron chi connectivity index (χ0n) is 19.7. The Balaban J connectivity index is 2.26. The molecule has 0 bridgehead atoms. The maximum atomic E-state index is 13.4. The lowest BCUT2D eigenvalue weighted by molar-refractivity contribution is -0.141. The maximum Gasteiger partial charge on any atom is 0.408 e. The highest BCUT2D eigenvalue weighted by atomic mass is 16.6. The van der Waals surface area contributed by atoms with Crippen molar-refractivity contribution in [3.05, 3.63) is 84.4 Å². The van der Waals surface area contributed by atoms with Gasteiger partial charge in [-0.3, -0.25) is 9.59 Å². The summed E-state index contributed by atoms with van der Waals surface area (Å²) < 4.78 is 5.26. The summed E-state index contributed by atoms with van der Waals surface area (Å²) in [6, 6.07) is 16.8. The molecule has 3 amide bonds. The summed E-state index contributed by atoms with van der Waals surface area (Å²) in [6.45, 7) is 11.0. The van der Waals surface area contributed by atoms with Crippen molar-refractivity contribution in [1.82, 2.24) is 15.5 Å². The number of nitrogens with zero attached hydrogens (tertiary/aromatic N) is 1. The van der Waals surface area contributed by atoms with E-state index in [4.69, 9.17) is 4.74 Å². The molecule has 0 heterocycles. The Kier molecular flexibility index (Phi) is 9.21. The van der Waals surface area contributed by atoms with Crippen LogP contribution in [-0.4, -0.2) is 41.0 Å². The number of rotatable bonds is 9. The smallest absolute Gasteiger partial charge is 0.408 e. The van der Waals surface area contributed by atoms with Crippen LogP contribution in [0.1, 0.15) is 44.9 Å². The van der Waals surface area contributed by atoms with Crippen molar-refractivity contribution in [2.45, 2.75) is 51.9 Å². The van der Waals surface area contributed by atoms with Gasteiger partial charge in [0, 0.05) is 13.1 Å². The summed E-state index contributed by atoms with van der Waals surface area (Å²) >= 11 is 0. The number of hydrogen-bond donors (Lipinski definition) is 2. The van der Waals surface area contributed by atoms with Crippen LogP contribution in [0.5, 0.6) is 0 Å². The van der Waals surface area contributed by atoms with Crippen LogP contribution < -0.4 is 10.6 Å². The Hall–Kier alpha value is -3.61. The molecule has 2 rings (SSSR count). The summed E-state index contributed by atoms with van der Waals surface area (Å²) in [5.41, 5.74) is 0.902. The van der Waals surface area contributed by atoms with E-state index in [9.17, 15) is 14.4 Å². The molecule has 2 aromatic rings. The van der Waals surface area contributed by atoms with Crippen LogP contribution in [0.4, 0.5) is 4.79 Å². The van der Waals surface area contributed by atoms with Gasteiger partial charge in [-0.1, -0.05) is 66.7 Å². The van der Waals surface area contributed by atoms with E-state index in [1.807, 2.05) is 48.5 Å². The third kappa shape index (κ3) is 8.11. The van der Waals surface area contributed by atoms with Crippen LogP contribution in [0.15, 0.2) is 73.3 Å². The zero-order chi connectivity index (χ0) is 24.4. The molecule has 2 N–H and O–H groups in total. The third-order valence-corrected chi connectivity index (χ3v) is 4.70. The summed E-state index contributed by atoms with van der Waals surface area (Å²) in [4.78, 5) is 40.3. The van der Waals surface area contributed by atoms with Gasteiger partial charge in [0.15, 0.2) is 0 Å². The molecule has 0 saturated heterocycles. The molecule has 2 aromatic carbocycles. The van der Waals surface area contributed by atoms with E-state index >= 15 is 0 Å². The second kappa shape index (κ2) is 11.9. The van der Waals surface area contributed by atoms with Crippen molar-refractivity contribution in [2.75, 3.05) is 6.54 Å². The van der Waals surface area contributed by atoms with Gasteiger partial charge in [-0.05, 0) is 38.8 Å². The molecule has 0 radical (unpaired) electrons. The number of carbonyl (C=O) groups excluding carboxylic acids is 3. The van der Waals surface area contributed by atoms with E-state index in [-0.39, 0.29) is 12.5 Å². The molecule has 0 aliphatic rings. The van der Waals surface area contributed by atoms with Crippen LogP contribution in [0.3, 0.4) is 0 Å². The molecule has 33 heavy (non-hydrogen) atoms. The van der Waals surface area contributed by atoms with E-state index in [2.05, 4.69) is 17.2 Å². The zero-order valence-corrected chi connectivity index (χ0v) is 19.7. The van der Waals surface area contributed by atoms with Crippen LogP contribution >= 0.6 is 0 Å². The Morgan fingerprint density at radius 2 is 1.61 bits per heavy atom. The van der Waals surface area contributed by atoms with Gasteiger partial charge in [-0.25, -0.2) is 4.79 Å². The third-order valence-electron chi connectivity index (χ3n) is 4.70. The quantitative estimate of drug-likeness (QED) is 0.565. The number of ether oxygens (including phenoxy) is 1. The van der Waals surface area contributed by atoms with Crippen molar-refractivity contribution in [2.24, 2.45) is 0 Å². The molecule has 2 unspecified atom stereocenters. The maximum absolute atomic E-state index is 13.4. The minimum absolute atomic E-state index is 0.123. The number of benzene rings is 2. The van der Waals surface area contributed by atoms with Gasteiger partial charge in [0.05, 0.1) is 0 Å². The first-order valence-corrected chi connectivity index (χ1v) is 10.9. The first-order valence-electron chi connectivity index (χ1n) is 10.9. The van der Waals surface area contributed by atoms with E-state index in [1.54, 1.807) is 45.9 Å². The van der Waals surface area contributed by atoms with E-state index < -0.39 is 29.7 Å². The first-order chi connectivity index (χ1) is 15.6. The summed E-state index contributed by atoms with van der Waals surface area (Å²) in [6.07, 6.45) is 0.852. The summed E-state index contributed by atoms with van der Waals surface area (Å²) in [7, 11) is 0. The highest BCUT2D eigenvalue weighted by Crippen LogP contribution is 2.22. The Morgan fingerprint density at radius 3 is 2.15 bits per heavy atom. The van der Waals surface area contributed by atoms with Gasteiger partial charge < -0.3 is 20.3 Å². The van der Waals surface area contributed by atoms with E-state index in [0.29, 0.717) is 12.1 Å². The van der Waals surface area contributed by atoms with Gasteiger partial charge in [0.2, 0.25) is 11.8 Å². The predicted molar refractivity (Wildman–Crippen MR) is 128 cm³/mol. The summed E-state index contributed by atoms with van der Waals surface area (Å²) in [5.74, 6) is -0.755. The Morgan fingerprint density at radius 1 is 1.03 bits per heavy atom. The fourth-order valence-corrected chi connectivity index (χ4v) is 3.25. The molecular formula is C26H33N3O4. The van der Waals surface area contributed by atoms with Crippen LogP contribution in [0, 0.1) is 0 Å². The van der Waals surface area contributed by atoms with Crippen molar-refractivity contribution in [3.63, 3.8) is 0 Å². The molecule has 0 aromatic heterocycles. The topological polar surface area (TPSA) is 87.7 Å². The van der Waals surface area contributed by atoms with Gasteiger partial charge in [0.25, 0.3) is 0 Å². The lowest BCUT2D eigenvalue weighted by Crippen LogP contribution is -2.51. The predicted octanol–water partition coefficient (Wildman–Crippen LogP) is 3.97. The van der Waals surface area contributed by atoms with Crippen LogP contribution in [0.25, 0.3) is 0 Å². The highest BCUT2D eigenvalue weighted by Gasteiger charge is 2.33. The summed E-state index contributed by atoms with van der Waals surface area (Å²) in [5, 5.41) is 5.48. The molecule has 0 fully saturated rings. The minimum atomic E-state index is -0.909. The second-order valence-electron chi connectivity index (χ2n) is 8.66. The van der Waals surface area contributed by atoms with Gasteiger partial charge in [-0.15, -0.1) is 6.58 Å². The Labute approximate surface area is 195 Å². The molecule has 0 saturated carbocycles. The fraction of sp³-hybridized carbons (Fsp3) is 0.346. The molecule has 0 aliphatic heterocycles. The normalized spacial score (nSPS) is 12.7. The lowest BCUT2D eigenvalue weighted by Gasteiger charge is -2.33. The average Bonchev–Trinajstić information content (AvgIpc) is 2.77. The largest absolute Gasteiger partial charge is 0.444 e. The second-order valence-corrected chi connectivity index (χ2v) is 8.66. The first kappa shape index (κ1) is 25.6. The number of carbonyl (C=O) groups is 3. The van der Waals surface area contributed by atoms with E-state index in [0.717, 1.165) is 5.56 Å². The lowest BCUT2D eigenvalue weighted by atomic mass is 10.0.